The number of carbonyl (C=O) groups is 1. The second-order valence-electron chi connectivity index (χ2n) is 6.43. The number of aromatic nitrogens is 1. The molecule has 1 saturated heterocycles. The number of pyridine rings is 1. The molecular weight excluding hydrogens is 330 g/mol. The Morgan fingerprint density at radius 1 is 1.38 bits per heavy atom. The number of ether oxygens (including phenoxy) is 2. The molecular formula is C17H24ClN3O3. The van der Waals surface area contributed by atoms with Crippen molar-refractivity contribution in [3.05, 3.63) is 22.8 Å². The van der Waals surface area contributed by atoms with Crippen molar-refractivity contribution in [3.63, 3.8) is 0 Å². The van der Waals surface area contributed by atoms with E-state index in [0.29, 0.717) is 28.6 Å². The Bertz CT molecular complexity index is 598. The van der Waals surface area contributed by atoms with Crippen LogP contribution < -0.4 is 10.1 Å². The Morgan fingerprint density at radius 2 is 2.21 bits per heavy atom. The summed E-state index contributed by atoms with van der Waals surface area (Å²) in [6.45, 7) is 1.98. The van der Waals surface area contributed by atoms with Crippen LogP contribution in [0.15, 0.2) is 12.3 Å². The van der Waals surface area contributed by atoms with Crippen molar-refractivity contribution in [2.45, 2.75) is 43.9 Å². The van der Waals surface area contributed by atoms with E-state index in [2.05, 4.69) is 15.2 Å². The van der Waals surface area contributed by atoms with Crippen LogP contribution in [0, 0.1) is 0 Å². The maximum atomic E-state index is 12.5. The standard InChI is InChI=1S/C17H24ClN3O3/c1-23-12-6-7-21(10-12)15-5-3-4-14(15)20-16(22)11-8-13(18)17(24-2)19-9-11/h8-9,12,14-15H,3-7,10H2,1-2H3,(H,20,22)/t12?,14-,15+/m1/s1. The molecule has 1 saturated carbocycles. The molecule has 2 aliphatic rings. The molecule has 1 N–H and O–H groups in total. The summed E-state index contributed by atoms with van der Waals surface area (Å²) in [5.74, 6) is 0.195. The first-order chi connectivity index (χ1) is 11.6. The molecule has 2 heterocycles. The number of carbonyl (C=O) groups excluding carboxylic acids is 1. The van der Waals surface area contributed by atoms with E-state index in [4.69, 9.17) is 21.1 Å². The van der Waals surface area contributed by atoms with Gasteiger partial charge in [0, 0.05) is 38.5 Å². The van der Waals surface area contributed by atoms with Crippen LogP contribution in [0.5, 0.6) is 5.88 Å². The maximum absolute atomic E-state index is 12.5. The first kappa shape index (κ1) is 17.5. The zero-order chi connectivity index (χ0) is 17.1. The van der Waals surface area contributed by atoms with Gasteiger partial charge in [0.05, 0.1) is 18.8 Å². The number of nitrogens with one attached hydrogen (secondary N) is 1. The van der Waals surface area contributed by atoms with Gasteiger partial charge in [-0.1, -0.05) is 11.6 Å². The molecule has 24 heavy (non-hydrogen) atoms. The van der Waals surface area contributed by atoms with Crippen LogP contribution in [0.4, 0.5) is 0 Å². The van der Waals surface area contributed by atoms with Gasteiger partial charge in [-0.25, -0.2) is 4.98 Å². The lowest BCUT2D eigenvalue weighted by Crippen LogP contribution is -2.48. The van der Waals surface area contributed by atoms with Crippen molar-refractivity contribution in [3.8, 4) is 5.88 Å². The fourth-order valence-electron chi connectivity index (χ4n) is 3.74. The molecule has 0 bridgehead atoms. The van der Waals surface area contributed by atoms with Crippen LogP contribution in [-0.4, -0.2) is 61.3 Å². The second-order valence-corrected chi connectivity index (χ2v) is 6.84. The Balaban J connectivity index is 1.64. The number of nitrogens with zero attached hydrogens (tertiary/aromatic N) is 2. The van der Waals surface area contributed by atoms with Crippen LogP contribution in [-0.2, 0) is 4.74 Å². The summed E-state index contributed by atoms with van der Waals surface area (Å²) in [6, 6.07) is 2.15. The first-order valence-corrected chi connectivity index (χ1v) is 8.77. The van der Waals surface area contributed by atoms with Gasteiger partial charge in [-0.05, 0) is 31.7 Å². The molecule has 2 fully saturated rings. The van der Waals surface area contributed by atoms with E-state index in [1.807, 2.05) is 0 Å². The highest BCUT2D eigenvalue weighted by Gasteiger charge is 2.36. The van der Waals surface area contributed by atoms with E-state index in [0.717, 1.165) is 38.8 Å². The number of halogens is 1. The predicted molar refractivity (Wildman–Crippen MR) is 91.7 cm³/mol. The molecule has 3 rings (SSSR count). The summed E-state index contributed by atoms with van der Waals surface area (Å²) in [4.78, 5) is 19.1. The lowest BCUT2D eigenvalue weighted by atomic mass is 10.1. The molecule has 6 nitrogen and oxygen atoms in total. The highest BCUT2D eigenvalue weighted by Crippen LogP contribution is 2.28. The molecule has 1 aliphatic heterocycles. The summed E-state index contributed by atoms with van der Waals surface area (Å²) < 4.78 is 10.5. The smallest absolute Gasteiger partial charge is 0.253 e. The zero-order valence-corrected chi connectivity index (χ0v) is 14.9. The van der Waals surface area contributed by atoms with Crippen LogP contribution in [0.1, 0.15) is 36.0 Å². The number of likely N-dealkylation sites (tertiary alicyclic amines) is 1. The highest BCUT2D eigenvalue weighted by molar-refractivity contribution is 6.32. The fraction of sp³-hybridized carbons (Fsp3) is 0.647. The van der Waals surface area contributed by atoms with Gasteiger partial charge in [-0.3, -0.25) is 9.69 Å². The number of hydrogen-bond donors (Lipinski definition) is 1. The Kier molecular flexibility index (Phi) is 5.58. The number of rotatable bonds is 5. The third-order valence-electron chi connectivity index (χ3n) is 5.04. The van der Waals surface area contributed by atoms with Crippen molar-refractivity contribution in [2.24, 2.45) is 0 Å². The van der Waals surface area contributed by atoms with E-state index in [-0.39, 0.29) is 11.9 Å². The normalized spacial score (nSPS) is 27.4. The number of hydrogen-bond acceptors (Lipinski definition) is 5. The summed E-state index contributed by atoms with van der Waals surface area (Å²) in [5.41, 5.74) is 0.461. The minimum atomic E-state index is -0.133. The van der Waals surface area contributed by atoms with Crippen LogP contribution in [0.3, 0.4) is 0 Å². The lowest BCUT2D eigenvalue weighted by molar-refractivity contribution is 0.0872. The topological polar surface area (TPSA) is 63.7 Å². The van der Waals surface area contributed by atoms with Crippen molar-refractivity contribution in [2.75, 3.05) is 27.3 Å². The van der Waals surface area contributed by atoms with Crippen molar-refractivity contribution < 1.29 is 14.3 Å². The molecule has 132 valence electrons. The van der Waals surface area contributed by atoms with Crippen LogP contribution in [0.25, 0.3) is 0 Å². The largest absolute Gasteiger partial charge is 0.480 e. The highest BCUT2D eigenvalue weighted by atomic mass is 35.5. The van der Waals surface area contributed by atoms with E-state index in [1.54, 1.807) is 13.2 Å². The molecule has 3 atom stereocenters. The summed E-state index contributed by atoms with van der Waals surface area (Å²) in [6.07, 6.45) is 6.12. The molecule has 0 spiro atoms. The second kappa shape index (κ2) is 7.68. The summed E-state index contributed by atoms with van der Waals surface area (Å²) >= 11 is 6.06. The molecule has 1 aromatic rings. The van der Waals surface area contributed by atoms with E-state index < -0.39 is 0 Å². The van der Waals surface area contributed by atoms with Gasteiger partial charge in [0.25, 0.3) is 5.91 Å². The molecule has 0 radical (unpaired) electrons. The minimum Gasteiger partial charge on any atom is -0.480 e. The van der Waals surface area contributed by atoms with Gasteiger partial charge >= 0.3 is 0 Å². The fourth-order valence-corrected chi connectivity index (χ4v) is 3.99. The molecule has 1 aromatic heterocycles. The molecule has 0 aromatic carbocycles. The zero-order valence-electron chi connectivity index (χ0n) is 14.1. The van der Waals surface area contributed by atoms with E-state index in [1.165, 1.54) is 13.3 Å². The Morgan fingerprint density at radius 3 is 2.88 bits per heavy atom. The number of amides is 1. The predicted octanol–water partition coefficient (Wildman–Crippen LogP) is 2.12. The van der Waals surface area contributed by atoms with Crippen molar-refractivity contribution >= 4 is 17.5 Å². The molecule has 1 aliphatic carbocycles. The summed E-state index contributed by atoms with van der Waals surface area (Å²) in [7, 11) is 3.27. The van der Waals surface area contributed by atoms with Gasteiger partial charge < -0.3 is 14.8 Å². The van der Waals surface area contributed by atoms with Crippen molar-refractivity contribution in [1.82, 2.24) is 15.2 Å². The summed E-state index contributed by atoms with van der Waals surface area (Å²) in [5, 5.41) is 3.50. The average molecular weight is 354 g/mol. The van der Waals surface area contributed by atoms with Crippen LogP contribution in [0.2, 0.25) is 5.02 Å². The van der Waals surface area contributed by atoms with Crippen molar-refractivity contribution in [1.29, 1.82) is 0 Å². The third-order valence-corrected chi connectivity index (χ3v) is 5.31. The van der Waals surface area contributed by atoms with E-state index in [9.17, 15) is 4.79 Å². The average Bonchev–Trinajstić information content (AvgIpc) is 3.23. The monoisotopic (exact) mass is 353 g/mol. The van der Waals surface area contributed by atoms with Gasteiger partial charge in [-0.2, -0.15) is 0 Å². The van der Waals surface area contributed by atoms with Gasteiger partial charge in [0.15, 0.2) is 0 Å². The van der Waals surface area contributed by atoms with Gasteiger partial charge in [0.1, 0.15) is 5.02 Å². The van der Waals surface area contributed by atoms with Crippen LogP contribution >= 0.6 is 11.6 Å². The SMILES string of the molecule is COc1ncc(C(=O)N[C@@H]2CCC[C@@H]2N2CCC(OC)C2)cc1Cl. The maximum Gasteiger partial charge on any atom is 0.253 e. The third kappa shape index (κ3) is 3.66. The quantitative estimate of drug-likeness (QED) is 0.878. The first-order valence-electron chi connectivity index (χ1n) is 8.39. The molecule has 1 amide bonds. The molecule has 7 heteroatoms. The minimum absolute atomic E-state index is 0.133. The van der Waals surface area contributed by atoms with E-state index >= 15 is 0 Å². The molecule has 1 unspecified atom stereocenters. The number of methoxy groups -OCH3 is 2. The van der Waals surface area contributed by atoms with Gasteiger partial charge in [0.2, 0.25) is 5.88 Å². The Labute approximate surface area is 147 Å². The lowest BCUT2D eigenvalue weighted by Gasteiger charge is -2.30. The Hall–Kier alpha value is -1.37. The van der Waals surface area contributed by atoms with Gasteiger partial charge in [-0.15, -0.1) is 0 Å².